The lowest BCUT2D eigenvalue weighted by Gasteiger charge is -2.23. The van der Waals surface area contributed by atoms with Gasteiger partial charge in [0, 0.05) is 30.9 Å². The van der Waals surface area contributed by atoms with Gasteiger partial charge in [-0.05, 0) is 20.8 Å². The molecule has 2 atom stereocenters. The van der Waals surface area contributed by atoms with E-state index in [9.17, 15) is 5.11 Å². The van der Waals surface area contributed by atoms with Crippen molar-refractivity contribution in [3.63, 3.8) is 0 Å². The highest BCUT2D eigenvalue weighted by Crippen LogP contribution is 2.12. The second-order valence-corrected chi connectivity index (χ2v) is 4.39. The van der Waals surface area contributed by atoms with Crippen molar-refractivity contribution >= 4 is 0 Å². The fourth-order valence-electron chi connectivity index (χ4n) is 1.32. The molecule has 1 rings (SSSR count). The minimum absolute atomic E-state index is 0.110. The fourth-order valence-corrected chi connectivity index (χ4v) is 1.32. The molecule has 2 unspecified atom stereocenters. The number of aromatic nitrogens is 2. The van der Waals surface area contributed by atoms with Crippen molar-refractivity contribution in [3.05, 3.63) is 18.0 Å². The third-order valence-corrected chi connectivity index (χ3v) is 2.61. The van der Waals surface area contributed by atoms with Gasteiger partial charge in [0.15, 0.2) is 0 Å². The highest BCUT2D eigenvalue weighted by atomic mass is 16.3. The molecule has 0 amide bonds. The maximum Gasteiger partial charge on any atom is 0.0973 e. The van der Waals surface area contributed by atoms with E-state index in [1.165, 1.54) is 0 Å². The van der Waals surface area contributed by atoms with Crippen molar-refractivity contribution in [2.24, 2.45) is 0 Å². The van der Waals surface area contributed by atoms with Crippen molar-refractivity contribution in [2.45, 2.75) is 39.0 Å². The SMILES string of the molecule is CCn1cc(C(C)NCC(C)(O)CO)cn1. The second-order valence-electron chi connectivity index (χ2n) is 4.39. The molecule has 0 spiro atoms. The van der Waals surface area contributed by atoms with Crippen LogP contribution in [0.1, 0.15) is 32.4 Å². The molecule has 16 heavy (non-hydrogen) atoms. The van der Waals surface area contributed by atoms with E-state index >= 15 is 0 Å². The summed E-state index contributed by atoms with van der Waals surface area (Å²) in [6.45, 7) is 6.59. The summed E-state index contributed by atoms with van der Waals surface area (Å²) in [7, 11) is 0. The molecule has 0 bridgehead atoms. The standard InChI is InChI=1S/C11H21N3O2/c1-4-14-6-10(5-13-14)9(2)12-7-11(3,16)8-15/h5-6,9,12,15-16H,4,7-8H2,1-3H3. The number of aryl methyl sites for hydroxylation is 1. The van der Waals surface area contributed by atoms with Crippen LogP contribution < -0.4 is 5.32 Å². The first-order valence-corrected chi connectivity index (χ1v) is 5.57. The van der Waals surface area contributed by atoms with Gasteiger partial charge in [-0.3, -0.25) is 4.68 Å². The Morgan fingerprint density at radius 1 is 1.62 bits per heavy atom. The van der Waals surface area contributed by atoms with Gasteiger partial charge >= 0.3 is 0 Å². The van der Waals surface area contributed by atoms with E-state index in [1.807, 2.05) is 30.9 Å². The Morgan fingerprint density at radius 3 is 2.81 bits per heavy atom. The molecule has 92 valence electrons. The van der Waals surface area contributed by atoms with E-state index in [0.29, 0.717) is 6.54 Å². The van der Waals surface area contributed by atoms with Gasteiger partial charge in [0.2, 0.25) is 0 Å². The molecule has 0 aliphatic carbocycles. The van der Waals surface area contributed by atoms with Crippen LogP contribution in [0.4, 0.5) is 0 Å². The van der Waals surface area contributed by atoms with Gasteiger partial charge in [-0.1, -0.05) is 0 Å². The molecule has 0 aliphatic rings. The Balaban J connectivity index is 2.49. The van der Waals surface area contributed by atoms with Crippen LogP contribution in [0.15, 0.2) is 12.4 Å². The van der Waals surface area contributed by atoms with Crippen molar-refractivity contribution in [3.8, 4) is 0 Å². The lowest BCUT2D eigenvalue weighted by Crippen LogP contribution is -2.41. The summed E-state index contributed by atoms with van der Waals surface area (Å²) in [5, 5.41) is 25.9. The average Bonchev–Trinajstić information content (AvgIpc) is 2.74. The highest BCUT2D eigenvalue weighted by Gasteiger charge is 2.20. The summed E-state index contributed by atoms with van der Waals surface area (Å²) >= 11 is 0. The minimum atomic E-state index is -1.07. The number of nitrogens with one attached hydrogen (secondary N) is 1. The van der Waals surface area contributed by atoms with Crippen molar-refractivity contribution in [1.29, 1.82) is 0 Å². The number of rotatable bonds is 6. The Hall–Kier alpha value is -0.910. The second kappa shape index (κ2) is 5.43. The molecule has 5 nitrogen and oxygen atoms in total. The Bertz CT molecular complexity index is 323. The van der Waals surface area contributed by atoms with Gasteiger partial charge in [-0.25, -0.2) is 0 Å². The van der Waals surface area contributed by atoms with Crippen LogP contribution >= 0.6 is 0 Å². The zero-order valence-corrected chi connectivity index (χ0v) is 10.1. The van der Waals surface area contributed by atoms with E-state index < -0.39 is 5.60 Å². The molecule has 1 heterocycles. The lowest BCUT2D eigenvalue weighted by atomic mass is 10.1. The van der Waals surface area contributed by atoms with Crippen LogP contribution in [0.25, 0.3) is 0 Å². The molecule has 1 aromatic heterocycles. The number of hydrogen-bond acceptors (Lipinski definition) is 4. The molecular formula is C11H21N3O2. The van der Waals surface area contributed by atoms with Crippen LogP contribution in [-0.2, 0) is 6.54 Å². The smallest absolute Gasteiger partial charge is 0.0973 e. The predicted molar refractivity (Wildman–Crippen MR) is 62.0 cm³/mol. The Kier molecular flexibility index (Phi) is 4.46. The third-order valence-electron chi connectivity index (χ3n) is 2.61. The first-order valence-electron chi connectivity index (χ1n) is 5.57. The first kappa shape index (κ1) is 13.2. The van der Waals surface area contributed by atoms with Crippen LogP contribution in [0.2, 0.25) is 0 Å². The Morgan fingerprint density at radius 2 is 2.31 bits per heavy atom. The van der Waals surface area contributed by atoms with Gasteiger partial charge in [-0.15, -0.1) is 0 Å². The predicted octanol–water partition coefficient (Wildman–Crippen LogP) is 0.297. The van der Waals surface area contributed by atoms with Crippen LogP contribution in [0.3, 0.4) is 0 Å². The third kappa shape index (κ3) is 3.59. The van der Waals surface area contributed by atoms with Gasteiger partial charge in [0.05, 0.1) is 18.4 Å². The zero-order valence-electron chi connectivity index (χ0n) is 10.1. The van der Waals surface area contributed by atoms with Gasteiger partial charge in [0.1, 0.15) is 0 Å². The van der Waals surface area contributed by atoms with Gasteiger partial charge in [0.25, 0.3) is 0 Å². The van der Waals surface area contributed by atoms with Crippen molar-refractivity contribution in [1.82, 2.24) is 15.1 Å². The molecule has 0 fully saturated rings. The maximum absolute atomic E-state index is 9.64. The van der Waals surface area contributed by atoms with Crippen LogP contribution in [0.5, 0.6) is 0 Å². The molecule has 0 saturated carbocycles. The topological polar surface area (TPSA) is 70.3 Å². The summed E-state index contributed by atoms with van der Waals surface area (Å²) in [4.78, 5) is 0. The molecule has 0 aromatic carbocycles. The maximum atomic E-state index is 9.64. The normalized spacial score (nSPS) is 17.1. The van der Waals surface area contributed by atoms with Crippen LogP contribution in [-0.4, -0.2) is 38.7 Å². The first-order chi connectivity index (χ1) is 7.48. The summed E-state index contributed by atoms with van der Waals surface area (Å²) < 4.78 is 1.86. The van der Waals surface area contributed by atoms with Gasteiger partial charge < -0.3 is 15.5 Å². The number of nitrogens with zero attached hydrogens (tertiary/aromatic N) is 2. The Labute approximate surface area is 96.1 Å². The number of hydrogen-bond donors (Lipinski definition) is 3. The van der Waals surface area contributed by atoms with Gasteiger partial charge in [-0.2, -0.15) is 5.10 Å². The van der Waals surface area contributed by atoms with Crippen molar-refractivity contribution in [2.75, 3.05) is 13.2 Å². The minimum Gasteiger partial charge on any atom is -0.393 e. The summed E-state index contributed by atoms with van der Waals surface area (Å²) in [5.74, 6) is 0. The van der Waals surface area contributed by atoms with E-state index in [2.05, 4.69) is 10.4 Å². The summed E-state index contributed by atoms with van der Waals surface area (Å²) in [6, 6.07) is 0.110. The molecular weight excluding hydrogens is 206 g/mol. The van der Waals surface area contributed by atoms with E-state index in [1.54, 1.807) is 6.92 Å². The quantitative estimate of drug-likeness (QED) is 0.653. The number of aliphatic hydroxyl groups excluding tert-OH is 1. The summed E-state index contributed by atoms with van der Waals surface area (Å²) in [6.07, 6.45) is 3.79. The van der Waals surface area contributed by atoms with E-state index in [0.717, 1.165) is 12.1 Å². The zero-order chi connectivity index (χ0) is 12.2. The van der Waals surface area contributed by atoms with E-state index in [4.69, 9.17) is 5.11 Å². The van der Waals surface area contributed by atoms with Crippen molar-refractivity contribution < 1.29 is 10.2 Å². The molecule has 1 aromatic rings. The number of aliphatic hydroxyl groups is 2. The molecule has 5 heteroatoms. The fraction of sp³-hybridized carbons (Fsp3) is 0.727. The van der Waals surface area contributed by atoms with Crippen LogP contribution in [0, 0.1) is 0 Å². The lowest BCUT2D eigenvalue weighted by molar-refractivity contribution is 0.00106. The monoisotopic (exact) mass is 227 g/mol. The van der Waals surface area contributed by atoms with E-state index in [-0.39, 0.29) is 12.6 Å². The molecule has 0 saturated heterocycles. The molecule has 0 radical (unpaired) electrons. The average molecular weight is 227 g/mol. The highest BCUT2D eigenvalue weighted by molar-refractivity contribution is 5.09. The largest absolute Gasteiger partial charge is 0.393 e. The molecule has 0 aliphatic heterocycles. The molecule has 3 N–H and O–H groups in total. The summed E-state index contributed by atoms with van der Waals surface area (Å²) in [5.41, 5.74) is 0.00486.